The minimum atomic E-state index is -0.196. The van der Waals surface area contributed by atoms with E-state index in [1.165, 1.54) is 0 Å². The van der Waals surface area contributed by atoms with Gasteiger partial charge in [0, 0.05) is 12.4 Å². The van der Waals surface area contributed by atoms with E-state index in [0.29, 0.717) is 11.5 Å². The Kier molecular flexibility index (Phi) is 5.49. The summed E-state index contributed by atoms with van der Waals surface area (Å²) in [4.78, 5) is 15.9. The largest absolute Gasteiger partial charge is 0.493 e. The molecular formula is C21H20N2O3. The van der Waals surface area contributed by atoms with Crippen molar-refractivity contribution in [3.8, 4) is 11.5 Å². The van der Waals surface area contributed by atoms with Gasteiger partial charge in [0.1, 0.15) is 0 Å². The Morgan fingerprint density at radius 1 is 1.08 bits per heavy atom. The smallest absolute Gasteiger partial charge is 0.257 e. The van der Waals surface area contributed by atoms with Gasteiger partial charge in [0.15, 0.2) is 18.1 Å². The van der Waals surface area contributed by atoms with E-state index < -0.39 is 0 Å². The fourth-order valence-electron chi connectivity index (χ4n) is 2.48. The maximum Gasteiger partial charge on any atom is 0.257 e. The third-order valence-corrected chi connectivity index (χ3v) is 3.89. The minimum absolute atomic E-state index is 0.0525. The number of para-hydroxylation sites is 1. The predicted octanol–water partition coefficient (Wildman–Crippen LogP) is 3.54. The van der Waals surface area contributed by atoms with Crippen molar-refractivity contribution in [3.05, 3.63) is 65.9 Å². The zero-order valence-electron chi connectivity index (χ0n) is 14.7. The third kappa shape index (κ3) is 4.19. The van der Waals surface area contributed by atoms with Crippen LogP contribution in [0.25, 0.3) is 23.1 Å². The van der Waals surface area contributed by atoms with Gasteiger partial charge in [-0.05, 0) is 35.9 Å². The summed E-state index contributed by atoms with van der Waals surface area (Å²) in [5.41, 5.74) is 2.79. The lowest BCUT2D eigenvalue weighted by Gasteiger charge is -2.10. The van der Waals surface area contributed by atoms with Crippen LogP contribution in [0, 0.1) is 0 Å². The summed E-state index contributed by atoms with van der Waals surface area (Å²) in [6, 6.07) is 17.6. The first kappa shape index (κ1) is 17.5. The first-order chi connectivity index (χ1) is 12.7. The normalized spacial score (nSPS) is 10.8. The van der Waals surface area contributed by atoms with Crippen molar-refractivity contribution in [1.29, 1.82) is 0 Å². The molecule has 0 unspecified atom stereocenters. The van der Waals surface area contributed by atoms with Gasteiger partial charge in [0.05, 0.1) is 18.3 Å². The molecule has 0 fully saturated rings. The molecule has 3 aromatic rings. The molecule has 0 bridgehead atoms. The number of carbonyl (C=O) groups is 1. The second-order valence-corrected chi connectivity index (χ2v) is 5.63. The standard InChI is InChI=1S/C21H20N2O3/c1-22-21(24)14-26-19-12-8-15(13-20(19)25-2)7-10-17-11-9-16-5-3-4-6-18(16)23-17/h3-13H,14H2,1-2H3,(H,22,24)/b10-7+. The van der Waals surface area contributed by atoms with Gasteiger partial charge in [-0.3, -0.25) is 4.79 Å². The number of hydrogen-bond acceptors (Lipinski definition) is 4. The van der Waals surface area contributed by atoms with Crippen molar-refractivity contribution in [1.82, 2.24) is 10.3 Å². The van der Waals surface area contributed by atoms with Crippen molar-refractivity contribution < 1.29 is 14.3 Å². The Hall–Kier alpha value is -3.34. The predicted molar refractivity (Wildman–Crippen MR) is 103 cm³/mol. The minimum Gasteiger partial charge on any atom is -0.493 e. The fourth-order valence-corrected chi connectivity index (χ4v) is 2.48. The fraction of sp³-hybridized carbons (Fsp3) is 0.143. The van der Waals surface area contributed by atoms with Crippen LogP contribution in [-0.4, -0.2) is 31.7 Å². The molecule has 3 rings (SSSR count). The quantitative estimate of drug-likeness (QED) is 0.740. The average Bonchev–Trinajstić information content (AvgIpc) is 2.70. The van der Waals surface area contributed by atoms with E-state index in [2.05, 4.69) is 16.4 Å². The molecule has 0 atom stereocenters. The number of nitrogens with zero attached hydrogens (tertiary/aromatic N) is 1. The Balaban J connectivity index is 1.77. The van der Waals surface area contributed by atoms with E-state index in [0.717, 1.165) is 22.2 Å². The van der Waals surface area contributed by atoms with E-state index in [-0.39, 0.29) is 12.5 Å². The molecule has 2 aromatic carbocycles. The maximum atomic E-state index is 11.3. The number of methoxy groups -OCH3 is 1. The van der Waals surface area contributed by atoms with E-state index in [9.17, 15) is 4.79 Å². The van der Waals surface area contributed by atoms with Gasteiger partial charge in [0.25, 0.3) is 5.91 Å². The Morgan fingerprint density at radius 2 is 1.92 bits per heavy atom. The van der Waals surface area contributed by atoms with Gasteiger partial charge in [0.2, 0.25) is 0 Å². The van der Waals surface area contributed by atoms with Gasteiger partial charge < -0.3 is 14.8 Å². The highest BCUT2D eigenvalue weighted by Crippen LogP contribution is 2.28. The molecule has 1 N–H and O–H groups in total. The van der Waals surface area contributed by atoms with Crippen LogP contribution in [-0.2, 0) is 4.79 Å². The first-order valence-electron chi connectivity index (χ1n) is 8.25. The number of benzene rings is 2. The average molecular weight is 348 g/mol. The van der Waals surface area contributed by atoms with Crippen LogP contribution in [0.1, 0.15) is 11.3 Å². The summed E-state index contributed by atoms with van der Waals surface area (Å²) in [5.74, 6) is 0.901. The van der Waals surface area contributed by atoms with Crippen molar-refractivity contribution in [3.63, 3.8) is 0 Å². The van der Waals surface area contributed by atoms with Crippen LogP contribution in [0.4, 0.5) is 0 Å². The van der Waals surface area contributed by atoms with Gasteiger partial charge >= 0.3 is 0 Å². The Labute approximate surface area is 152 Å². The highest BCUT2D eigenvalue weighted by atomic mass is 16.5. The second kappa shape index (κ2) is 8.16. The number of ether oxygens (including phenoxy) is 2. The molecule has 0 aliphatic rings. The molecule has 5 heteroatoms. The zero-order valence-corrected chi connectivity index (χ0v) is 14.7. The van der Waals surface area contributed by atoms with E-state index in [1.807, 2.05) is 54.6 Å². The lowest BCUT2D eigenvalue weighted by molar-refractivity contribution is -0.122. The van der Waals surface area contributed by atoms with Gasteiger partial charge in [-0.15, -0.1) is 0 Å². The van der Waals surface area contributed by atoms with Gasteiger partial charge in [-0.2, -0.15) is 0 Å². The number of amides is 1. The molecule has 1 amide bonds. The van der Waals surface area contributed by atoms with Crippen LogP contribution in [0.2, 0.25) is 0 Å². The molecule has 132 valence electrons. The molecule has 0 aliphatic heterocycles. The van der Waals surface area contributed by atoms with Gasteiger partial charge in [-0.1, -0.05) is 36.4 Å². The van der Waals surface area contributed by atoms with Crippen LogP contribution < -0.4 is 14.8 Å². The first-order valence-corrected chi connectivity index (χ1v) is 8.25. The number of fused-ring (bicyclic) bond motifs is 1. The number of nitrogens with one attached hydrogen (secondary N) is 1. The lowest BCUT2D eigenvalue weighted by Crippen LogP contribution is -2.24. The third-order valence-electron chi connectivity index (χ3n) is 3.89. The monoisotopic (exact) mass is 348 g/mol. The summed E-state index contributed by atoms with van der Waals surface area (Å²) >= 11 is 0. The summed E-state index contributed by atoms with van der Waals surface area (Å²) in [6.45, 7) is -0.0525. The van der Waals surface area contributed by atoms with Crippen molar-refractivity contribution >= 4 is 29.0 Å². The number of carbonyl (C=O) groups excluding carboxylic acids is 1. The number of rotatable bonds is 6. The molecule has 26 heavy (non-hydrogen) atoms. The van der Waals surface area contributed by atoms with E-state index in [1.54, 1.807) is 20.2 Å². The lowest BCUT2D eigenvalue weighted by atomic mass is 10.1. The SMILES string of the molecule is CNC(=O)COc1ccc(/C=C/c2ccc3ccccc3n2)cc1OC. The number of pyridine rings is 1. The van der Waals surface area contributed by atoms with E-state index >= 15 is 0 Å². The van der Waals surface area contributed by atoms with Crippen LogP contribution in [0.3, 0.4) is 0 Å². The molecule has 0 radical (unpaired) electrons. The zero-order chi connectivity index (χ0) is 18.4. The highest BCUT2D eigenvalue weighted by Gasteiger charge is 2.07. The highest BCUT2D eigenvalue weighted by molar-refractivity contribution is 5.81. The second-order valence-electron chi connectivity index (χ2n) is 5.63. The van der Waals surface area contributed by atoms with Crippen molar-refractivity contribution in [2.75, 3.05) is 20.8 Å². The van der Waals surface area contributed by atoms with Crippen LogP contribution in [0.15, 0.2) is 54.6 Å². The number of aromatic nitrogens is 1. The Bertz CT molecular complexity index is 951. The molecule has 0 aliphatic carbocycles. The molecule has 0 saturated carbocycles. The summed E-state index contributed by atoms with van der Waals surface area (Å²) in [6.07, 6.45) is 3.91. The van der Waals surface area contributed by atoms with Gasteiger partial charge in [-0.25, -0.2) is 4.98 Å². The Morgan fingerprint density at radius 3 is 2.73 bits per heavy atom. The number of hydrogen-bond donors (Lipinski definition) is 1. The topological polar surface area (TPSA) is 60.5 Å². The molecule has 0 spiro atoms. The van der Waals surface area contributed by atoms with Crippen molar-refractivity contribution in [2.45, 2.75) is 0 Å². The number of likely N-dealkylation sites (N-methyl/N-ethyl adjacent to an activating group) is 1. The molecule has 1 aromatic heterocycles. The van der Waals surface area contributed by atoms with Crippen molar-refractivity contribution in [2.24, 2.45) is 0 Å². The van der Waals surface area contributed by atoms with E-state index in [4.69, 9.17) is 9.47 Å². The maximum absolute atomic E-state index is 11.3. The molecule has 1 heterocycles. The summed E-state index contributed by atoms with van der Waals surface area (Å²) in [7, 11) is 3.14. The summed E-state index contributed by atoms with van der Waals surface area (Å²) in [5, 5.41) is 3.63. The molecule has 0 saturated heterocycles. The summed E-state index contributed by atoms with van der Waals surface area (Å²) < 4.78 is 10.8. The molecular weight excluding hydrogens is 328 g/mol. The van der Waals surface area contributed by atoms with Crippen LogP contribution >= 0.6 is 0 Å². The van der Waals surface area contributed by atoms with Crippen LogP contribution in [0.5, 0.6) is 11.5 Å². The molecule has 5 nitrogen and oxygen atoms in total.